The molecule has 1 aliphatic carbocycles. The molecule has 0 aromatic carbocycles. The zero-order valence-electron chi connectivity index (χ0n) is 11.5. The summed E-state index contributed by atoms with van der Waals surface area (Å²) in [5.41, 5.74) is 6.54. The molecule has 0 spiro atoms. The van der Waals surface area contributed by atoms with Crippen molar-refractivity contribution in [3.8, 4) is 0 Å². The summed E-state index contributed by atoms with van der Waals surface area (Å²) >= 11 is 1.49. The summed E-state index contributed by atoms with van der Waals surface area (Å²) in [4.78, 5) is 16.5. The predicted octanol–water partition coefficient (Wildman–Crippen LogP) is 3.01. The molecule has 4 nitrogen and oxygen atoms in total. The van der Waals surface area contributed by atoms with Gasteiger partial charge in [-0.1, -0.05) is 32.6 Å². The molecule has 2 rings (SSSR count). The molecule has 3 N–H and O–H groups in total. The number of hydrogen-bond donors (Lipinski definition) is 2. The number of rotatable bonds is 5. The van der Waals surface area contributed by atoms with E-state index in [0.717, 1.165) is 30.7 Å². The van der Waals surface area contributed by atoms with Gasteiger partial charge in [0, 0.05) is 11.4 Å². The summed E-state index contributed by atoms with van der Waals surface area (Å²) < 4.78 is 0. The standard InChI is InChI=1S/C14H23N3OS/c1-2-6-11(15)14-17-12(9-19-14)13(18)16-10-7-4-3-5-8-10/h9-11H,2-8,15H2,1H3,(H,16,18). The smallest absolute Gasteiger partial charge is 0.270 e. The number of thiazole rings is 1. The average Bonchev–Trinajstić information content (AvgIpc) is 2.90. The van der Waals surface area contributed by atoms with Gasteiger partial charge in [-0.25, -0.2) is 4.98 Å². The van der Waals surface area contributed by atoms with Crippen molar-refractivity contribution in [2.24, 2.45) is 5.73 Å². The van der Waals surface area contributed by atoms with Gasteiger partial charge in [0.05, 0.1) is 6.04 Å². The lowest BCUT2D eigenvalue weighted by molar-refractivity contribution is 0.0923. The predicted molar refractivity (Wildman–Crippen MR) is 78.3 cm³/mol. The van der Waals surface area contributed by atoms with Crippen LogP contribution in [0.2, 0.25) is 0 Å². The Morgan fingerprint density at radius 1 is 1.53 bits per heavy atom. The summed E-state index contributed by atoms with van der Waals surface area (Å²) in [5.74, 6) is -0.0434. The molecule has 1 aromatic rings. The van der Waals surface area contributed by atoms with Crippen molar-refractivity contribution in [2.75, 3.05) is 0 Å². The van der Waals surface area contributed by atoms with Crippen LogP contribution >= 0.6 is 11.3 Å². The van der Waals surface area contributed by atoms with Crippen molar-refractivity contribution >= 4 is 17.2 Å². The Morgan fingerprint density at radius 3 is 2.95 bits per heavy atom. The Kier molecular flexibility index (Phi) is 5.34. The third-order valence-electron chi connectivity index (χ3n) is 3.61. The summed E-state index contributed by atoms with van der Waals surface area (Å²) in [6.45, 7) is 2.10. The molecular weight excluding hydrogens is 258 g/mol. The average molecular weight is 281 g/mol. The Morgan fingerprint density at radius 2 is 2.26 bits per heavy atom. The second-order valence-corrected chi connectivity index (χ2v) is 6.16. The van der Waals surface area contributed by atoms with E-state index in [4.69, 9.17) is 5.73 Å². The number of nitrogens with one attached hydrogen (secondary N) is 1. The number of amides is 1. The van der Waals surface area contributed by atoms with Crippen LogP contribution in [0.1, 0.15) is 73.4 Å². The number of carbonyl (C=O) groups excluding carboxylic acids is 1. The highest BCUT2D eigenvalue weighted by Crippen LogP contribution is 2.21. The van der Waals surface area contributed by atoms with Crippen molar-refractivity contribution in [1.82, 2.24) is 10.3 Å². The minimum absolute atomic E-state index is 0.0359. The molecule has 1 aromatic heterocycles. The molecule has 1 saturated carbocycles. The summed E-state index contributed by atoms with van der Waals surface area (Å²) in [6, 6.07) is 0.293. The minimum Gasteiger partial charge on any atom is -0.348 e. The van der Waals surface area contributed by atoms with E-state index in [1.807, 2.05) is 5.38 Å². The van der Waals surface area contributed by atoms with E-state index in [1.165, 1.54) is 30.6 Å². The first kappa shape index (κ1) is 14.5. The zero-order valence-corrected chi connectivity index (χ0v) is 12.3. The van der Waals surface area contributed by atoms with Crippen LogP contribution < -0.4 is 11.1 Å². The van der Waals surface area contributed by atoms with E-state index in [0.29, 0.717) is 11.7 Å². The highest BCUT2D eigenvalue weighted by Gasteiger charge is 2.19. The molecule has 5 heteroatoms. The monoisotopic (exact) mass is 281 g/mol. The lowest BCUT2D eigenvalue weighted by Gasteiger charge is -2.22. The van der Waals surface area contributed by atoms with Crippen molar-refractivity contribution in [1.29, 1.82) is 0 Å². The summed E-state index contributed by atoms with van der Waals surface area (Å²) in [7, 11) is 0. The van der Waals surface area contributed by atoms with Gasteiger partial charge in [-0.2, -0.15) is 0 Å². The van der Waals surface area contributed by atoms with Crippen molar-refractivity contribution < 1.29 is 4.79 Å². The molecule has 1 unspecified atom stereocenters. The van der Waals surface area contributed by atoms with Gasteiger partial charge in [-0.05, 0) is 19.3 Å². The van der Waals surface area contributed by atoms with E-state index in [2.05, 4.69) is 17.2 Å². The van der Waals surface area contributed by atoms with Crippen LogP contribution in [0.25, 0.3) is 0 Å². The molecule has 0 radical (unpaired) electrons. The van der Waals surface area contributed by atoms with Gasteiger partial charge in [0.2, 0.25) is 0 Å². The molecule has 0 aliphatic heterocycles. The first-order valence-corrected chi connectivity index (χ1v) is 8.10. The maximum Gasteiger partial charge on any atom is 0.270 e. The van der Waals surface area contributed by atoms with Gasteiger partial charge in [0.1, 0.15) is 10.7 Å². The Hall–Kier alpha value is -0.940. The maximum absolute atomic E-state index is 12.1. The normalized spacial score (nSPS) is 18.2. The Bertz CT molecular complexity index is 413. The second-order valence-electron chi connectivity index (χ2n) is 5.27. The van der Waals surface area contributed by atoms with Crippen molar-refractivity contribution in [2.45, 2.75) is 64.0 Å². The summed E-state index contributed by atoms with van der Waals surface area (Å²) in [5, 5.41) is 5.78. The van der Waals surface area contributed by atoms with E-state index in [-0.39, 0.29) is 11.9 Å². The molecule has 0 saturated heterocycles. The molecule has 0 bridgehead atoms. The zero-order chi connectivity index (χ0) is 13.7. The highest BCUT2D eigenvalue weighted by molar-refractivity contribution is 7.09. The van der Waals surface area contributed by atoms with Crippen LogP contribution in [0.3, 0.4) is 0 Å². The first-order chi connectivity index (χ1) is 9.20. The van der Waals surface area contributed by atoms with Crippen LogP contribution in [-0.4, -0.2) is 16.9 Å². The second kappa shape index (κ2) is 7.01. The van der Waals surface area contributed by atoms with Gasteiger partial charge in [-0.15, -0.1) is 11.3 Å². The van der Waals surface area contributed by atoms with E-state index in [1.54, 1.807) is 0 Å². The Balaban J connectivity index is 1.91. The molecule has 1 aliphatic rings. The number of nitrogens with zero attached hydrogens (tertiary/aromatic N) is 1. The van der Waals surface area contributed by atoms with E-state index >= 15 is 0 Å². The van der Waals surface area contributed by atoms with E-state index < -0.39 is 0 Å². The largest absolute Gasteiger partial charge is 0.348 e. The van der Waals surface area contributed by atoms with Crippen molar-refractivity contribution in [3.63, 3.8) is 0 Å². The fourth-order valence-electron chi connectivity index (χ4n) is 2.50. The molecule has 1 fully saturated rings. The molecule has 1 amide bonds. The number of hydrogen-bond acceptors (Lipinski definition) is 4. The maximum atomic E-state index is 12.1. The SMILES string of the molecule is CCCC(N)c1nc(C(=O)NC2CCCCC2)cs1. The van der Waals surface area contributed by atoms with Gasteiger partial charge in [0.25, 0.3) is 5.91 Å². The number of carbonyl (C=O) groups is 1. The quantitative estimate of drug-likeness (QED) is 0.871. The fraction of sp³-hybridized carbons (Fsp3) is 0.714. The molecular formula is C14H23N3OS. The van der Waals surface area contributed by atoms with Crippen LogP contribution in [0.15, 0.2) is 5.38 Å². The topological polar surface area (TPSA) is 68.0 Å². The molecule has 19 heavy (non-hydrogen) atoms. The molecule has 1 heterocycles. The van der Waals surface area contributed by atoms with E-state index in [9.17, 15) is 4.79 Å². The van der Waals surface area contributed by atoms with Gasteiger partial charge < -0.3 is 11.1 Å². The fourth-order valence-corrected chi connectivity index (χ4v) is 3.34. The molecule has 106 valence electrons. The molecule has 1 atom stereocenters. The first-order valence-electron chi connectivity index (χ1n) is 7.22. The highest BCUT2D eigenvalue weighted by atomic mass is 32.1. The third-order valence-corrected chi connectivity index (χ3v) is 4.59. The summed E-state index contributed by atoms with van der Waals surface area (Å²) in [6.07, 6.45) is 7.86. The number of nitrogens with two attached hydrogens (primary N) is 1. The lowest BCUT2D eigenvalue weighted by atomic mass is 9.95. The van der Waals surface area contributed by atoms with Gasteiger partial charge >= 0.3 is 0 Å². The Labute approximate surface area is 118 Å². The van der Waals surface area contributed by atoms with Crippen LogP contribution in [0.4, 0.5) is 0 Å². The van der Waals surface area contributed by atoms with Crippen LogP contribution in [-0.2, 0) is 0 Å². The minimum atomic E-state index is -0.0434. The van der Waals surface area contributed by atoms with Crippen LogP contribution in [0, 0.1) is 0 Å². The van der Waals surface area contributed by atoms with Crippen LogP contribution in [0.5, 0.6) is 0 Å². The van der Waals surface area contributed by atoms with Crippen molar-refractivity contribution in [3.05, 3.63) is 16.1 Å². The number of aromatic nitrogens is 1. The third kappa shape index (κ3) is 4.01. The van der Waals surface area contributed by atoms with Gasteiger partial charge in [0.15, 0.2) is 0 Å². The van der Waals surface area contributed by atoms with Gasteiger partial charge in [-0.3, -0.25) is 4.79 Å². The lowest BCUT2D eigenvalue weighted by Crippen LogP contribution is -2.36.